The molecule has 0 radical (unpaired) electrons. The number of fused-ring (bicyclic) bond motifs is 1. The van der Waals surface area contributed by atoms with Gasteiger partial charge in [0.1, 0.15) is 12.4 Å². The number of aryl methyl sites for hydroxylation is 3. The normalized spacial score (nSPS) is 11.2. The molecule has 0 spiro atoms. The summed E-state index contributed by atoms with van der Waals surface area (Å²) in [7, 11) is 0. The summed E-state index contributed by atoms with van der Waals surface area (Å²) in [6.45, 7) is 5.63. The number of nitrogens with two attached hydrogens (primary N) is 1. The van der Waals surface area contributed by atoms with Crippen molar-refractivity contribution in [3.8, 4) is 17.0 Å². The Labute approximate surface area is 178 Å². The van der Waals surface area contributed by atoms with Gasteiger partial charge in [-0.15, -0.1) is 0 Å². The second-order valence-electron chi connectivity index (χ2n) is 8.02. The Morgan fingerprint density at radius 1 is 0.900 bits per heavy atom. The summed E-state index contributed by atoms with van der Waals surface area (Å²) in [6.07, 6.45) is 3.11. The molecule has 0 atom stereocenters. The van der Waals surface area contributed by atoms with Gasteiger partial charge in [0.2, 0.25) is 0 Å². The lowest BCUT2D eigenvalue weighted by molar-refractivity contribution is 0.306. The molecule has 1 aromatic heterocycles. The van der Waals surface area contributed by atoms with E-state index in [1.807, 2.05) is 18.2 Å². The van der Waals surface area contributed by atoms with Crippen LogP contribution >= 0.6 is 0 Å². The number of ether oxygens (including phenoxy) is 1. The number of unbranched alkanes of at least 4 members (excludes halogenated alkanes) is 1. The molecular formula is C27H30N2O. The van der Waals surface area contributed by atoms with Crippen molar-refractivity contribution in [2.24, 2.45) is 5.73 Å². The predicted molar refractivity (Wildman–Crippen MR) is 126 cm³/mol. The number of rotatable bonds is 8. The van der Waals surface area contributed by atoms with Gasteiger partial charge in [-0.3, -0.25) is 0 Å². The lowest BCUT2D eigenvalue weighted by Gasteiger charge is -2.10. The van der Waals surface area contributed by atoms with E-state index in [1.165, 1.54) is 38.9 Å². The van der Waals surface area contributed by atoms with Gasteiger partial charge < -0.3 is 15.5 Å². The van der Waals surface area contributed by atoms with Crippen LogP contribution in [0, 0.1) is 13.8 Å². The fraction of sp³-hybridized carbons (Fsp3) is 0.259. The number of aromatic nitrogens is 1. The summed E-state index contributed by atoms with van der Waals surface area (Å²) in [4.78, 5) is 3.68. The molecule has 3 aromatic carbocycles. The minimum Gasteiger partial charge on any atom is -0.489 e. The van der Waals surface area contributed by atoms with E-state index in [4.69, 9.17) is 10.5 Å². The number of benzene rings is 3. The van der Waals surface area contributed by atoms with Crippen LogP contribution in [0.4, 0.5) is 0 Å². The first-order valence-electron chi connectivity index (χ1n) is 10.7. The van der Waals surface area contributed by atoms with Crippen molar-refractivity contribution in [3.05, 3.63) is 89.0 Å². The lowest BCUT2D eigenvalue weighted by Crippen LogP contribution is -1.99. The molecule has 3 nitrogen and oxygen atoms in total. The highest BCUT2D eigenvalue weighted by molar-refractivity contribution is 5.92. The Bertz CT molecular complexity index is 1130. The summed E-state index contributed by atoms with van der Waals surface area (Å²) in [5.74, 6) is 0.901. The van der Waals surface area contributed by atoms with E-state index in [1.54, 1.807) is 0 Å². The minimum atomic E-state index is 0.573. The molecule has 4 aromatic rings. The van der Waals surface area contributed by atoms with E-state index < -0.39 is 0 Å². The third kappa shape index (κ3) is 4.42. The zero-order valence-corrected chi connectivity index (χ0v) is 17.9. The fourth-order valence-electron chi connectivity index (χ4n) is 4.09. The molecule has 4 rings (SSSR count). The molecule has 1 heterocycles. The van der Waals surface area contributed by atoms with Gasteiger partial charge in [0.25, 0.3) is 0 Å². The van der Waals surface area contributed by atoms with Crippen molar-refractivity contribution in [3.63, 3.8) is 0 Å². The van der Waals surface area contributed by atoms with Crippen LogP contribution < -0.4 is 10.5 Å². The molecule has 3 heteroatoms. The number of nitrogens with one attached hydrogen (secondary N) is 1. The van der Waals surface area contributed by atoms with Crippen LogP contribution in [0.3, 0.4) is 0 Å². The molecular weight excluding hydrogens is 368 g/mol. The second-order valence-corrected chi connectivity index (χ2v) is 8.02. The molecule has 0 bridgehead atoms. The maximum absolute atomic E-state index is 6.10. The zero-order chi connectivity index (χ0) is 20.9. The van der Waals surface area contributed by atoms with Crippen LogP contribution in [-0.2, 0) is 13.0 Å². The molecule has 0 amide bonds. The van der Waals surface area contributed by atoms with Crippen molar-refractivity contribution in [2.45, 2.75) is 39.7 Å². The number of aromatic amines is 1. The van der Waals surface area contributed by atoms with Crippen LogP contribution in [-0.4, -0.2) is 11.5 Å². The van der Waals surface area contributed by atoms with Gasteiger partial charge in [-0.2, -0.15) is 0 Å². The topological polar surface area (TPSA) is 51.0 Å². The molecule has 154 valence electrons. The summed E-state index contributed by atoms with van der Waals surface area (Å²) >= 11 is 0. The van der Waals surface area contributed by atoms with E-state index in [0.717, 1.165) is 37.1 Å². The van der Waals surface area contributed by atoms with Gasteiger partial charge in [0, 0.05) is 22.2 Å². The Hall–Kier alpha value is -3.04. The Balaban J connectivity index is 1.71. The number of hydrogen-bond acceptors (Lipinski definition) is 2. The predicted octanol–water partition coefficient (Wildman–Crippen LogP) is 6.31. The first-order valence-corrected chi connectivity index (χ1v) is 10.7. The monoisotopic (exact) mass is 398 g/mol. The van der Waals surface area contributed by atoms with Crippen molar-refractivity contribution in [1.82, 2.24) is 4.98 Å². The lowest BCUT2D eigenvalue weighted by atomic mass is 9.96. The molecule has 0 aliphatic heterocycles. The van der Waals surface area contributed by atoms with Crippen LogP contribution in [0.1, 0.15) is 35.1 Å². The Morgan fingerprint density at radius 2 is 1.73 bits per heavy atom. The van der Waals surface area contributed by atoms with Gasteiger partial charge in [-0.05, 0) is 74.5 Å². The molecule has 0 aliphatic carbocycles. The van der Waals surface area contributed by atoms with Gasteiger partial charge in [-0.1, -0.05) is 54.1 Å². The third-order valence-electron chi connectivity index (χ3n) is 5.66. The first kappa shape index (κ1) is 20.2. The average Bonchev–Trinajstić information content (AvgIpc) is 3.11. The summed E-state index contributed by atoms with van der Waals surface area (Å²) in [5.41, 5.74) is 14.5. The van der Waals surface area contributed by atoms with Crippen molar-refractivity contribution in [1.29, 1.82) is 0 Å². The first-order chi connectivity index (χ1) is 14.7. The van der Waals surface area contributed by atoms with E-state index in [2.05, 4.69) is 67.4 Å². The van der Waals surface area contributed by atoms with Crippen LogP contribution in [0.25, 0.3) is 22.2 Å². The number of H-pyrrole nitrogens is 1. The van der Waals surface area contributed by atoms with Crippen molar-refractivity contribution < 1.29 is 4.74 Å². The fourth-order valence-corrected chi connectivity index (χ4v) is 4.09. The molecule has 30 heavy (non-hydrogen) atoms. The average molecular weight is 399 g/mol. The SMILES string of the molecule is Cc1ccc(-c2[nH]c3ccc(OCc4ccccc4)cc3c2CCCCN)c(C)c1. The zero-order valence-electron chi connectivity index (χ0n) is 17.9. The maximum atomic E-state index is 6.10. The molecule has 0 saturated carbocycles. The summed E-state index contributed by atoms with van der Waals surface area (Å²) in [5, 5.41) is 1.24. The highest BCUT2D eigenvalue weighted by atomic mass is 16.5. The van der Waals surface area contributed by atoms with Gasteiger partial charge in [0.15, 0.2) is 0 Å². The second kappa shape index (κ2) is 9.19. The van der Waals surface area contributed by atoms with Crippen molar-refractivity contribution in [2.75, 3.05) is 6.54 Å². The minimum absolute atomic E-state index is 0.573. The highest BCUT2D eigenvalue weighted by Crippen LogP contribution is 2.35. The molecule has 0 aliphatic rings. The molecule has 0 saturated heterocycles. The van der Waals surface area contributed by atoms with Crippen molar-refractivity contribution >= 4 is 10.9 Å². The summed E-state index contributed by atoms with van der Waals surface area (Å²) in [6, 6.07) is 23.3. The van der Waals surface area contributed by atoms with E-state index in [-0.39, 0.29) is 0 Å². The quantitative estimate of drug-likeness (QED) is 0.342. The van der Waals surface area contributed by atoms with E-state index in [0.29, 0.717) is 6.61 Å². The Morgan fingerprint density at radius 3 is 2.50 bits per heavy atom. The van der Waals surface area contributed by atoms with Gasteiger partial charge in [0.05, 0.1) is 0 Å². The maximum Gasteiger partial charge on any atom is 0.120 e. The number of hydrogen-bond donors (Lipinski definition) is 2. The third-order valence-corrected chi connectivity index (χ3v) is 5.66. The molecule has 0 fully saturated rings. The molecule has 3 N–H and O–H groups in total. The van der Waals surface area contributed by atoms with E-state index in [9.17, 15) is 0 Å². The van der Waals surface area contributed by atoms with Gasteiger partial charge >= 0.3 is 0 Å². The van der Waals surface area contributed by atoms with Crippen LogP contribution in [0.2, 0.25) is 0 Å². The Kier molecular flexibility index (Phi) is 6.20. The molecule has 0 unspecified atom stereocenters. The van der Waals surface area contributed by atoms with E-state index >= 15 is 0 Å². The van der Waals surface area contributed by atoms with Crippen LogP contribution in [0.5, 0.6) is 5.75 Å². The standard InChI is InChI=1S/C27H30N2O/c1-19-11-13-23(20(2)16-19)27-24(10-6-7-15-28)25-17-22(12-14-26(25)29-27)30-18-21-8-4-3-5-9-21/h3-5,8-9,11-14,16-17,29H,6-7,10,15,18,28H2,1-2H3. The summed E-state index contributed by atoms with van der Waals surface area (Å²) < 4.78 is 6.10. The largest absolute Gasteiger partial charge is 0.489 e. The van der Waals surface area contributed by atoms with Crippen LogP contribution in [0.15, 0.2) is 66.7 Å². The highest BCUT2D eigenvalue weighted by Gasteiger charge is 2.15. The van der Waals surface area contributed by atoms with Gasteiger partial charge in [-0.25, -0.2) is 0 Å². The smallest absolute Gasteiger partial charge is 0.120 e.